The van der Waals surface area contributed by atoms with Crippen molar-refractivity contribution in [1.82, 2.24) is 5.32 Å². The largest absolute Gasteiger partial charge is 0.471 e. The topological polar surface area (TPSA) is 50.4 Å². The maximum Gasteiger partial charge on any atom is 0.471 e. The van der Waals surface area contributed by atoms with E-state index in [1.165, 1.54) is 31.4 Å². The Kier molecular flexibility index (Phi) is 7.05. The summed E-state index contributed by atoms with van der Waals surface area (Å²) in [5.74, 6) is -1.96. The molecule has 0 atom stereocenters. The Hall–Kier alpha value is -1.60. The van der Waals surface area contributed by atoms with Crippen LogP contribution in [0.25, 0.3) is 0 Å². The molecule has 24 heavy (non-hydrogen) atoms. The van der Waals surface area contributed by atoms with E-state index in [1.54, 1.807) is 12.1 Å². The lowest BCUT2D eigenvalue weighted by Crippen LogP contribution is -2.30. The van der Waals surface area contributed by atoms with Gasteiger partial charge in [-0.3, -0.25) is 4.79 Å². The first-order valence-electron chi connectivity index (χ1n) is 8.24. The van der Waals surface area contributed by atoms with Gasteiger partial charge in [0.15, 0.2) is 0 Å². The zero-order chi connectivity index (χ0) is 17.4. The van der Waals surface area contributed by atoms with Gasteiger partial charge >= 0.3 is 12.1 Å². The van der Waals surface area contributed by atoms with Gasteiger partial charge in [-0.05, 0) is 30.5 Å². The van der Waals surface area contributed by atoms with Gasteiger partial charge < -0.3 is 15.4 Å². The fourth-order valence-electron chi connectivity index (χ4n) is 2.72. The summed E-state index contributed by atoms with van der Waals surface area (Å²) >= 11 is 0. The minimum atomic E-state index is -4.88. The first-order chi connectivity index (χ1) is 11.4. The SMILES string of the molecule is O=C(Nc1cccc(CNCCOC2CCCCC2)c1)C(F)(F)F. The zero-order valence-corrected chi connectivity index (χ0v) is 13.5. The molecule has 1 aromatic carbocycles. The summed E-state index contributed by atoms with van der Waals surface area (Å²) in [5.41, 5.74) is 0.933. The van der Waals surface area contributed by atoms with E-state index in [0.717, 1.165) is 18.4 Å². The molecular formula is C17H23F3N2O2. The van der Waals surface area contributed by atoms with Crippen LogP contribution in [0.5, 0.6) is 0 Å². The van der Waals surface area contributed by atoms with E-state index in [1.807, 2.05) is 5.32 Å². The number of benzene rings is 1. The lowest BCUT2D eigenvalue weighted by Gasteiger charge is -2.22. The van der Waals surface area contributed by atoms with Crippen molar-refractivity contribution in [1.29, 1.82) is 0 Å². The molecule has 0 aliphatic heterocycles. The molecule has 7 heteroatoms. The van der Waals surface area contributed by atoms with Crippen LogP contribution in [0.15, 0.2) is 24.3 Å². The van der Waals surface area contributed by atoms with Gasteiger partial charge in [-0.1, -0.05) is 31.4 Å². The molecule has 0 aromatic heterocycles. The fraction of sp³-hybridized carbons (Fsp3) is 0.588. The third kappa shape index (κ3) is 6.49. The minimum absolute atomic E-state index is 0.134. The molecule has 134 valence electrons. The van der Waals surface area contributed by atoms with Crippen LogP contribution in [0.1, 0.15) is 37.7 Å². The molecule has 4 nitrogen and oxygen atoms in total. The number of amides is 1. The predicted octanol–water partition coefficient (Wildman–Crippen LogP) is 3.63. The summed E-state index contributed by atoms with van der Waals surface area (Å²) in [7, 11) is 0. The van der Waals surface area contributed by atoms with E-state index in [2.05, 4.69) is 5.32 Å². The quantitative estimate of drug-likeness (QED) is 0.743. The average molecular weight is 344 g/mol. The molecule has 2 rings (SSSR count). The van der Waals surface area contributed by atoms with Crippen LogP contribution in [-0.2, 0) is 16.1 Å². The highest BCUT2D eigenvalue weighted by Gasteiger charge is 2.38. The number of hydrogen-bond donors (Lipinski definition) is 2. The Balaban J connectivity index is 1.69. The smallest absolute Gasteiger partial charge is 0.377 e. The van der Waals surface area contributed by atoms with Crippen LogP contribution in [0.2, 0.25) is 0 Å². The molecule has 0 saturated heterocycles. The van der Waals surface area contributed by atoms with E-state index in [9.17, 15) is 18.0 Å². The molecule has 0 unspecified atom stereocenters. The van der Waals surface area contributed by atoms with E-state index >= 15 is 0 Å². The maximum absolute atomic E-state index is 12.2. The van der Waals surface area contributed by atoms with E-state index in [0.29, 0.717) is 25.8 Å². The summed E-state index contributed by atoms with van der Waals surface area (Å²) in [6, 6.07) is 6.36. The molecule has 1 aliphatic carbocycles. The van der Waals surface area contributed by atoms with Gasteiger partial charge in [0.2, 0.25) is 0 Å². The molecule has 0 spiro atoms. The van der Waals surface area contributed by atoms with Gasteiger partial charge in [0.25, 0.3) is 0 Å². The van der Waals surface area contributed by atoms with Gasteiger partial charge in [0.1, 0.15) is 0 Å². The fourth-order valence-corrected chi connectivity index (χ4v) is 2.72. The third-order valence-electron chi connectivity index (χ3n) is 3.96. The van der Waals surface area contributed by atoms with Crippen molar-refractivity contribution in [3.05, 3.63) is 29.8 Å². The number of nitrogens with one attached hydrogen (secondary N) is 2. The number of carbonyl (C=O) groups excluding carboxylic acids is 1. The van der Waals surface area contributed by atoms with E-state index in [-0.39, 0.29) is 5.69 Å². The van der Waals surface area contributed by atoms with Crippen molar-refractivity contribution in [3.8, 4) is 0 Å². The van der Waals surface area contributed by atoms with Gasteiger partial charge in [0, 0.05) is 18.8 Å². The van der Waals surface area contributed by atoms with Crippen LogP contribution in [0.3, 0.4) is 0 Å². The highest BCUT2D eigenvalue weighted by Crippen LogP contribution is 2.20. The molecule has 0 bridgehead atoms. The Labute approximate surface area is 139 Å². The first kappa shape index (κ1) is 18.7. The summed E-state index contributed by atoms with van der Waals surface area (Å²) < 4.78 is 42.5. The van der Waals surface area contributed by atoms with Crippen molar-refractivity contribution in [2.45, 2.75) is 50.9 Å². The number of halogens is 3. The maximum atomic E-state index is 12.2. The Morgan fingerprint density at radius 2 is 1.96 bits per heavy atom. The Morgan fingerprint density at radius 3 is 2.67 bits per heavy atom. The minimum Gasteiger partial charge on any atom is -0.377 e. The summed E-state index contributed by atoms with van der Waals surface area (Å²) in [6.45, 7) is 1.80. The molecule has 0 heterocycles. The standard InChI is InChI=1S/C17H23F3N2O2/c18-17(19,20)16(23)22-14-6-4-5-13(11-14)12-21-9-10-24-15-7-2-1-3-8-15/h4-6,11,15,21H,1-3,7-10,12H2,(H,22,23). The lowest BCUT2D eigenvalue weighted by atomic mass is 9.98. The average Bonchev–Trinajstić information content (AvgIpc) is 2.55. The van der Waals surface area contributed by atoms with Crippen molar-refractivity contribution < 1.29 is 22.7 Å². The number of alkyl halides is 3. The predicted molar refractivity (Wildman–Crippen MR) is 85.7 cm³/mol. The highest BCUT2D eigenvalue weighted by atomic mass is 19.4. The number of hydrogen-bond acceptors (Lipinski definition) is 3. The second kappa shape index (κ2) is 9.03. The summed E-state index contributed by atoms with van der Waals surface area (Å²) in [6.07, 6.45) is 1.48. The lowest BCUT2D eigenvalue weighted by molar-refractivity contribution is -0.167. The summed E-state index contributed by atoms with van der Waals surface area (Å²) in [5, 5.41) is 5.04. The Morgan fingerprint density at radius 1 is 1.21 bits per heavy atom. The monoisotopic (exact) mass is 344 g/mol. The second-order valence-electron chi connectivity index (χ2n) is 5.96. The first-order valence-corrected chi connectivity index (χ1v) is 8.24. The van der Waals surface area contributed by atoms with Gasteiger partial charge in [-0.25, -0.2) is 0 Å². The normalized spacial score (nSPS) is 16.1. The van der Waals surface area contributed by atoms with Crippen molar-refractivity contribution >= 4 is 11.6 Å². The van der Waals surface area contributed by atoms with Crippen LogP contribution >= 0.6 is 0 Å². The van der Waals surface area contributed by atoms with Gasteiger partial charge in [0.05, 0.1) is 12.7 Å². The van der Waals surface area contributed by atoms with Gasteiger partial charge in [-0.2, -0.15) is 13.2 Å². The third-order valence-corrected chi connectivity index (χ3v) is 3.96. The molecule has 1 fully saturated rings. The molecule has 1 aromatic rings. The second-order valence-corrected chi connectivity index (χ2v) is 5.96. The van der Waals surface area contributed by atoms with Crippen LogP contribution in [0.4, 0.5) is 18.9 Å². The Bertz CT molecular complexity index is 529. The molecule has 0 radical (unpaired) electrons. The van der Waals surface area contributed by atoms with Gasteiger partial charge in [-0.15, -0.1) is 0 Å². The number of ether oxygens (including phenoxy) is 1. The van der Waals surface area contributed by atoms with Crippen molar-refractivity contribution in [2.24, 2.45) is 0 Å². The van der Waals surface area contributed by atoms with Crippen molar-refractivity contribution in [2.75, 3.05) is 18.5 Å². The van der Waals surface area contributed by atoms with E-state index < -0.39 is 12.1 Å². The molecule has 2 N–H and O–H groups in total. The molecular weight excluding hydrogens is 321 g/mol. The van der Waals surface area contributed by atoms with Crippen LogP contribution in [0, 0.1) is 0 Å². The highest BCUT2D eigenvalue weighted by molar-refractivity contribution is 5.94. The molecule has 1 saturated carbocycles. The van der Waals surface area contributed by atoms with Crippen molar-refractivity contribution in [3.63, 3.8) is 0 Å². The summed E-state index contributed by atoms with van der Waals surface area (Å²) in [4.78, 5) is 10.9. The van der Waals surface area contributed by atoms with Crippen LogP contribution in [-0.4, -0.2) is 31.3 Å². The molecule has 1 aliphatic rings. The van der Waals surface area contributed by atoms with E-state index in [4.69, 9.17) is 4.74 Å². The van der Waals surface area contributed by atoms with Crippen LogP contribution < -0.4 is 10.6 Å². The number of carbonyl (C=O) groups is 1. The number of rotatable bonds is 7. The molecule has 1 amide bonds. The number of anilines is 1. The zero-order valence-electron chi connectivity index (χ0n) is 13.5.